The van der Waals surface area contributed by atoms with E-state index in [0.717, 1.165) is 43.5 Å². The summed E-state index contributed by atoms with van der Waals surface area (Å²) in [6, 6.07) is 14.7. The maximum Gasteiger partial charge on any atom is 0.243 e. The van der Waals surface area contributed by atoms with Crippen molar-refractivity contribution in [1.29, 1.82) is 0 Å². The Morgan fingerprint density at radius 2 is 1.43 bits per heavy atom. The molecule has 2 aromatic carbocycles. The second-order valence-electron chi connectivity index (χ2n) is 10.5. The molecule has 0 saturated carbocycles. The fraction of sp³-hybridized carbons (Fsp3) is 0.481. The highest BCUT2D eigenvalue weighted by Crippen LogP contribution is 2.27. The molecule has 0 radical (unpaired) electrons. The number of hydrogen-bond donors (Lipinski definition) is 0. The van der Waals surface area contributed by atoms with E-state index in [1.807, 2.05) is 41.3 Å². The third-order valence-electron chi connectivity index (χ3n) is 7.15. The Morgan fingerprint density at radius 3 is 1.94 bits per heavy atom. The molecule has 2 fully saturated rings. The molecule has 2 aromatic rings. The van der Waals surface area contributed by atoms with E-state index in [2.05, 4.69) is 25.7 Å². The Bertz CT molecular complexity index is 1140. The minimum atomic E-state index is -3.57. The summed E-state index contributed by atoms with van der Waals surface area (Å²) in [5, 5.41) is 0. The van der Waals surface area contributed by atoms with Gasteiger partial charge in [0.05, 0.1) is 4.90 Å². The number of hydrogen-bond acceptors (Lipinski definition) is 5. The van der Waals surface area contributed by atoms with E-state index in [9.17, 15) is 18.0 Å². The molecule has 8 heteroatoms. The van der Waals surface area contributed by atoms with Crippen LogP contribution in [0, 0.1) is 5.92 Å². The minimum absolute atomic E-state index is 0.0337. The lowest BCUT2D eigenvalue weighted by molar-refractivity contribution is -0.137. The maximum absolute atomic E-state index is 13.1. The van der Waals surface area contributed by atoms with Gasteiger partial charge in [-0.1, -0.05) is 32.9 Å². The largest absolute Gasteiger partial charge is 0.371 e. The second-order valence-corrected chi connectivity index (χ2v) is 12.4. The summed E-state index contributed by atoms with van der Waals surface area (Å²) < 4.78 is 27.8. The molecule has 2 heterocycles. The number of benzene rings is 2. The van der Waals surface area contributed by atoms with Gasteiger partial charge in [0, 0.05) is 56.4 Å². The first-order chi connectivity index (χ1) is 16.6. The minimum Gasteiger partial charge on any atom is -0.371 e. The van der Waals surface area contributed by atoms with Gasteiger partial charge in [-0.2, -0.15) is 4.31 Å². The first-order valence-electron chi connectivity index (χ1n) is 12.3. The summed E-state index contributed by atoms with van der Waals surface area (Å²) in [6.45, 7) is 9.35. The molecule has 2 saturated heterocycles. The number of anilines is 1. The Hall–Kier alpha value is -2.71. The van der Waals surface area contributed by atoms with Crippen molar-refractivity contribution >= 4 is 27.9 Å². The van der Waals surface area contributed by atoms with Gasteiger partial charge in [-0.15, -0.1) is 0 Å². The number of sulfonamides is 1. The molecule has 2 aliphatic heterocycles. The van der Waals surface area contributed by atoms with Crippen LogP contribution in [0.4, 0.5) is 5.69 Å². The molecular formula is C27H35N3O4S. The van der Waals surface area contributed by atoms with E-state index >= 15 is 0 Å². The fourth-order valence-electron chi connectivity index (χ4n) is 4.83. The van der Waals surface area contributed by atoms with Crippen molar-refractivity contribution in [3.8, 4) is 0 Å². The number of carbonyl (C=O) groups excluding carboxylic acids is 2. The van der Waals surface area contributed by atoms with Crippen LogP contribution in [0.15, 0.2) is 53.4 Å². The highest BCUT2D eigenvalue weighted by Gasteiger charge is 2.34. The van der Waals surface area contributed by atoms with Gasteiger partial charge in [-0.05, 0) is 60.2 Å². The van der Waals surface area contributed by atoms with Crippen LogP contribution in [0.1, 0.15) is 49.5 Å². The van der Waals surface area contributed by atoms with Gasteiger partial charge < -0.3 is 9.80 Å². The van der Waals surface area contributed by atoms with E-state index in [1.165, 1.54) is 4.31 Å². The molecule has 1 amide bonds. The van der Waals surface area contributed by atoms with Gasteiger partial charge >= 0.3 is 0 Å². The van der Waals surface area contributed by atoms with E-state index < -0.39 is 10.0 Å². The molecule has 0 spiro atoms. The van der Waals surface area contributed by atoms with Crippen molar-refractivity contribution in [3.63, 3.8) is 0 Å². The predicted molar refractivity (Wildman–Crippen MR) is 137 cm³/mol. The van der Waals surface area contributed by atoms with Crippen molar-refractivity contribution in [2.75, 3.05) is 44.2 Å². The predicted octanol–water partition coefficient (Wildman–Crippen LogP) is 3.55. The van der Waals surface area contributed by atoms with Crippen LogP contribution in [0.5, 0.6) is 0 Å². The smallest absolute Gasteiger partial charge is 0.243 e. The molecular weight excluding hydrogens is 462 g/mol. The summed E-state index contributed by atoms with van der Waals surface area (Å²) in [5.41, 5.74) is 2.78. The summed E-state index contributed by atoms with van der Waals surface area (Å²) in [4.78, 5) is 28.4. The summed E-state index contributed by atoms with van der Waals surface area (Å²) >= 11 is 0. The number of rotatable bonds is 5. The van der Waals surface area contributed by atoms with Gasteiger partial charge in [0.1, 0.15) is 6.29 Å². The Morgan fingerprint density at radius 1 is 0.857 bits per heavy atom. The lowest BCUT2D eigenvalue weighted by Crippen LogP contribution is -2.52. The van der Waals surface area contributed by atoms with Gasteiger partial charge in [-0.25, -0.2) is 8.42 Å². The van der Waals surface area contributed by atoms with E-state index in [-0.39, 0.29) is 17.2 Å². The number of amides is 1. The molecule has 0 aromatic heterocycles. The second kappa shape index (κ2) is 10.1. The summed E-state index contributed by atoms with van der Waals surface area (Å²) in [5.74, 6) is 0.0983. The molecule has 0 atom stereocenters. The van der Waals surface area contributed by atoms with Gasteiger partial charge in [0.15, 0.2) is 0 Å². The molecule has 0 unspecified atom stereocenters. The normalized spacial score (nSPS) is 18.5. The SMILES string of the molecule is CC(C)(C)c1ccc(S(=O)(=O)N2CCN(C(=O)C3CCN(c4ccc(C=O)cc4)CC3)CC2)cc1. The first-order valence-corrected chi connectivity index (χ1v) is 13.7. The molecule has 4 rings (SSSR count). The Labute approximate surface area is 208 Å². The number of piperidine rings is 1. The maximum atomic E-state index is 13.1. The molecule has 0 N–H and O–H groups in total. The highest BCUT2D eigenvalue weighted by atomic mass is 32.2. The Kier molecular flexibility index (Phi) is 7.33. The van der Waals surface area contributed by atoms with Crippen molar-refractivity contribution in [2.45, 2.75) is 43.9 Å². The third-order valence-corrected chi connectivity index (χ3v) is 9.06. The average Bonchev–Trinajstić information content (AvgIpc) is 2.88. The van der Waals surface area contributed by atoms with Crippen LogP contribution in [0.3, 0.4) is 0 Å². The quantitative estimate of drug-likeness (QED) is 0.591. The Balaban J connectivity index is 1.30. The number of aldehydes is 1. The molecule has 0 aliphatic carbocycles. The third kappa shape index (κ3) is 5.59. The topological polar surface area (TPSA) is 78.0 Å². The van der Waals surface area contributed by atoms with Gasteiger partial charge in [0.25, 0.3) is 0 Å². The number of carbonyl (C=O) groups is 2. The van der Waals surface area contributed by atoms with Gasteiger partial charge in [-0.3, -0.25) is 9.59 Å². The highest BCUT2D eigenvalue weighted by molar-refractivity contribution is 7.89. The molecule has 0 bridgehead atoms. The molecule has 7 nitrogen and oxygen atoms in total. The summed E-state index contributed by atoms with van der Waals surface area (Å²) in [7, 11) is -3.57. The summed E-state index contributed by atoms with van der Waals surface area (Å²) in [6.07, 6.45) is 2.38. The standard InChI is InChI=1S/C27H35N3O4S/c1-27(2,3)23-6-10-25(11-7-23)35(33,34)30-18-16-29(17-19-30)26(32)22-12-14-28(15-13-22)24-8-4-21(20-31)5-9-24/h4-11,20,22H,12-19H2,1-3H3. The fourth-order valence-corrected chi connectivity index (χ4v) is 6.25. The molecule has 188 valence electrons. The van der Waals surface area contributed by atoms with E-state index in [1.54, 1.807) is 12.1 Å². The molecule has 2 aliphatic rings. The monoisotopic (exact) mass is 497 g/mol. The van der Waals surface area contributed by atoms with E-state index in [0.29, 0.717) is 36.6 Å². The molecule has 35 heavy (non-hydrogen) atoms. The zero-order chi connectivity index (χ0) is 25.2. The van der Waals surface area contributed by atoms with Crippen LogP contribution in [0.25, 0.3) is 0 Å². The number of piperazine rings is 1. The number of nitrogens with zero attached hydrogens (tertiary/aromatic N) is 3. The lowest BCUT2D eigenvalue weighted by Gasteiger charge is -2.38. The van der Waals surface area contributed by atoms with Crippen molar-refractivity contribution < 1.29 is 18.0 Å². The van der Waals surface area contributed by atoms with Crippen LogP contribution in [-0.2, 0) is 20.2 Å². The van der Waals surface area contributed by atoms with Crippen molar-refractivity contribution in [2.24, 2.45) is 5.92 Å². The van der Waals surface area contributed by atoms with Crippen LogP contribution >= 0.6 is 0 Å². The zero-order valence-electron chi connectivity index (χ0n) is 20.8. The van der Waals surface area contributed by atoms with Crippen LogP contribution in [-0.4, -0.2) is 69.1 Å². The average molecular weight is 498 g/mol. The zero-order valence-corrected chi connectivity index (χ0v) is 21.6. The lowest BCUT2D eigenvalue weighted by atomic mass is 9.87. The van der Waals surface area contributed by atoms with Crippen molar-refractivity contribution in [1.82, 2.24) is 9.21 Å². The first kappa shape index (κ1) is 25.4. The van der Waals surface area contributed by atoms with Crippen LogP contribution in [0.2, 0.25) is 0 Å². The van der Waals surface area contributed by atoms with E-state index in [4.69, 9.17) is 0 Å². The van der Waals surface area contributed by atoms with Gasteiger partial charge in [0.2, 0.25) is 15.9 Å². The van der Waals surface area contributed by atoms with Crippen molar-refractivity contribution in [3.05, 3.63) is 59.7 Å². The van der Waals surface area contributed by atoms with Crippen LogP contribution < -0.4 is 4.90 Å².